The number of aromatic carboxylic acids is 2. The van der Waals surface area contributed by atoms with E-state index in [0.29, 0.717) is 18.4 Å². The van der Waals surface area contributed by atoms with Crippen LogP contribution in [0, 0.1) is 0 Å². The second-order valence-electron chi connectivity index (χ2n) is 5.50. The van der Waals surface area contributed by atoms with Crippen LogP contribution in [0.2, 0.25) is 0 Å². The van der Waals surface area contributed by atoms with E-state index >= 15 is 0 Å². The number of carbonyl (C=O) groups is 2. The molecule has 0 atom stereocenters. The average Bonchev–Trinajstić information content (AvgIpc) is 2.53. The first-order valence-corrected chi connectivity index (χ1v) is 7.69. The third kappa shape index (κ3) is 4.70. The Bertz CT molecular complexity index is 711. The van der Waals surface area contributed by atoms with Gasteiger partial charge in [0.05, 0.1) is 11.1 Å². The molecule has 0 heterocycles. The second-order valence-corrected chi connectivity index (χ2v) is 5.50. The maximum Gasteiger partial charge on any atom is 0.336 e. The number of hydrogen-bond acceptors (Lipinski definition) is 2. The first-order valence-electron chi connectivity index (χ1n) is 7.69. The van der Waals surface area contributed by atoms with Gasteiger partial charge in [0.25, 0.3) is 0 Å². The van der Waals surface area contributed by atoms with E-state index in [1.807, 2.05) is 37.3 Å². The molecule has 4 nitrogen and oxygen atoms in total. The Morgan fingerprint density at radius 3 is 2.17 bits per heavy atom. The number of carboxylic acid groups (broad SMARTS) is 2. The van der Waals surface area contributed by atoms with E-state index in [1.54, 1.807) is 6.07 Å². The highest BCUT2D eigenvalue weighted by atomic mass is 27.0. The third-order valence-electron chi connectivity index (χ3n) is 3.87. The summed E-state index contributed by atoms with van der Waals surface area (Å²) in [5.41, 5.74) is 2.39. The summed E-state index contributed by atoms with van der Waals surface area (Å²) in [4.78, 5) is 23.0. The summed E-state index contributed by atoms with van der Waals surface area (Å²) in [7, 11) is 0. The lowest BCUT2D eigenvalue weighted by Gasteiger charge is -2.15. The minimum Gasteiger partial charge on any atom is -0.478 e. The summed E-state index contributed by atoms with van der Waals surface area (Å²) in [6.07, 6.45) is 2.91. The molecule has 0 amide bonds. The summed E-state index contributed by atoms with van der Waals surface area (Å²) in [6.45, 7) is 2.03. The van der Waals surface area contributed by atoms with Crippen molar-refractivity contribution in [2.45, 2.75) is 32.6 Å². The fourth-order valence-corrected chi connectivity index (χ4v) is 2.73. The number of unbranched alkanes of at least 4 members (excludes halogenated alkanes) is 1. The van der Waals surface area contributed by atoms with Crippen LogP contribution in [0.25, 0.3) is 0 Å². The maximum absolute atomic E-state index is 11.7. The number of hydrogen-bond donors (Lipinski definition) is 2. The predicted molar refractivity (Wildman–Crippen MR) is 98.2 cm³/mol. The van der Waals surface area contributed by atoms with Crippen LogP contribution >= 0.6 is 0 Å². The van der Waals surface area contributed by atoms with E-state index in [-0.39, 0.29) is 28.5 Å². The van der Waals surface area contributed by atoms with Crippen LogP contribution in [-0.2, 0) is 12.8 Å². The van der Waals surface area contributed by atoms with Gasteiger partial charge in [0.15, 0.2) is 17.4 Å². The van der Waals surface area contributed by atoms with E-state index in [2.05, 4.69) is 0 Å². The molecule has 2 N–H and O–H groups in total. The summed E-state index contributed by atoms with van der Waals surface area (Å²) in [6, 6.07) is 12.9. The molecule has 2 aromatic carbocycles. The highest BCUT2D eigenvalue weighted by molar-refractivity contribution is 6.03. The van der Waals surface area contributed by atoms with Crippen molar-refractivity contribution >= 4 is 29.3 Å². The standard InChI is InChI=1S/C19H20O4.Al.3H/c1-2-3-9-15-14(12-13-7-5-4-6-8-13)10-11-16(18(20)21)17(15)19(22)23;;;;/h4-8,10-11H,2-3,9,12H2,1H3,(H,20,21)(H,22,23);;;;. The first kappa shape index (κ1) is 20.0. The number of carboxylic acids is 2. The zero-order valence-corrected chi connectivity index (χ0v) is 13.1. The van der Waals surface area contributed by atoms with Crippen molar-refractivity contribution in [3.8, 4) is 0 Å². The van der Waals surface area contributed by atoms with Crippen molar-refractivity contribution in [1.29, 1.82) is 0 Å². The van der Waals surface area contributed by atoms with Gasteiger partial charge in [-0.2, -0.15) is 0 Å². The van der Waals surface area contributed by atoms with Crippen molar-refractivity contribution in [3.63, 3.8) is 0 Å². The van der Waals surface area contributed by atoms with Crippen LogP contribution in [-0.4, -0.2) is 39.5 Å². The van der Waals surface area contributed by atoms with Gasteiger partial charge in [-0.25, -0.2) is 9.59 Å². The molecule has 0 bridgehead atoms. The van der Waals surface area contributed by atoms with Crippen LogP contribution in [0.4, 0.5) is 0 Å². The van der Waals surface area contributed by atoms with Crippen LogP contribution in [0.15, 0.2) is 42.5 Å². The Labute approximate surface area is 152 Å². The van der Waals surface area contributed by atoms with E-state index in [4.69, 9.17) is 0 Å². The van der Waals surface area contributed by atoms with Gasteiger partial charge < -0.3 is 10.2 Å². The lowest BCUT2D eigenvalue weighted by Crippen LogP contribution is -2.14. The van der Waals surface area contributed by atoms with Crippen molar-refractivity contribution in [2.24, 2.45) is 0 Å². The van der Waals surface area contributed by atoms with Gasteiger partial charge in [0.2, 0.25) is 0 Å². The molecule has 126 valence electrons. The van der Waals surface area contributed by atoms with Crippen molar-refractivity contribution in [1.82, 2.24) is 0 Å². The Hall–Kier alpha value is -2.09. The largest absolute Gasteiger partial charge is 0.478 e. The van der Waals surface area contributed by atoms with Gasteiger partial charge in [0, 0.05) is 0 Å². The molecule has 0 aromatic heterocycles. The zero-order valence-electron chi connectivity index (χ0n) is 13.1. The van der Waals surface area contributed by atoms with Crippen molar-refractivity contribution in [2.75, 3.05) is 0 Å². The minimum absolute atomic E-state index is 0. The van der Waals surface area contributed by atoms with Crippen LogP contribution < -0.4 is 0 Å². The average molecular weight is 342 g/mol. The molecule has 5 heteroatoms. The lowest BCUT2D eigenvalue weighted by atomic mass is 9.89. The van der Waals surface area contributed by atoms with Crippen molar-refractivity contribution in [3.05, 3.63) is 70.3 Å². The molecule has 0 aliphatic heterocycles. The van der Waals surface area contributed by atoms with E-state index in [0.717, 1.165) is 24.0 Å². The number of rotatable bonds is 7. The van der Waals surface area contributed by atoms with Crippen LogP contribution in [0.1, 0.15) is 57.2 Å². The van der Waals surface area contributed by atoms with Gasteiger partial charge in [-0.1, -0.05) is 49.7 Å². The Morgan fingerprint density at radius 2 is 1.62 bits per heavy atom. The van der Waals surface area contributed by atoms with Gasteiger partial charge in [-0.3, -0.25) is 0 Å². The molecule has 0 saturated heterocycles. The van der Waals surface area contributed by atoms with Gasteiger partial charge in [0.1, 0.15) is 0 Å². The molecule has 2 aromatic rings. The van der Waals surface area contributed by atoms with Gasteiger partial charge in [-0.05, 0) is 42.0 Å². The molecule has 24 heavy (non-hydrogen) atoms. The topological polar surface area (TPSA) is 74.6 Å². The Morgan fingerprint density at radius 1 is 0.958 bits per heavy atom. The summed E-state index contributed by atoms with van der Waals surface area (Å²) in [5, 5.41) is 18.8. The first-order chi connectivity index (χ1) is 11.0. The summed E-state index contributed by atoms with van der Waals surface area (Å²) < 4.78 is 0. The lowest BCUT2D eigenvalue weighted by molar-refractivity contribution is 0.0650. The predicted octanol–water partition coefficient (Wildman–Crippen LogP) is 2.83. The van der Waals surface area contributed by atoms with E-state index in [9.17, 15) is 19.8 Å². The molecule has 0 radical (unpaired) electrons. The zero-order chi connectivity index (χ0) is 16.8. The molecule has 0 fully saturated rings. The number of benzene rings is 2. The molecule has 0 unspecified atom stereocenters. The van der Waals surface area contributed by atoms with E-state index in [1.165, 1.54) is 6.07 Å². The smallest absolute Gasteiger partial charge is 0.336 e. The summed E-state index contributed by atoms with van der Waals surface area (Å²) >= 11 is 0. The minimum atomic E-state index is -1.20. The summed E-state index contributed by atoms with van der Waals surface area (Å²) in [5.74, 6) is -2.38. The second kappa shape index (κ2) is 9.27. The van der Waals surface area contributed by atoms with Gasteiger partial charge >= 0.3 is 11.9 Å². The molecule has 0 aliphatic carbocycles. The molecule has 0 spiro atoms. The van der Waals surface area contributed by atoms with Crippen molar-refractivity contribution < 1.29 is 19.8 Å². The molecular weight excluding hydrogens is 319 g/mol. The third-order valence-corrected chi connectivity index (χ3v) is 3.87. The highest BCUT2D eigenvalue weighted by Crippen LogP contribution is 2.24. The SMILES string of the molecule is CCCCc1c(Cc2ccccc2)ccc(C(=O)O)c1C(=O)O.[AlH3]. The highest BCUT2D eigenvalue weighted by Gasteiger charge is 2.22. The van der Waals surface area contributed by atoms with E-state index < -0.39 is 11.9 Å². The molecular formula is C19H23AlO4. The quantitative estimate of drug-likeness (QED) is 0.759. The monoisotopic (exact) mass is 342 g/mol. The van der Waals surface area contributed by atoms with Crippen LogP contribution in [0.3, 0.4) is 0 Å². The van der Waals surface area contributed by atoms with Crippen LogP contribution in [0.5, 0.6) is 0 Å². The molecule has 0 aliphatic rings. The maximum atomic E-state index is 11.7. The normalized spacial score (nSPS) is 10.0. The van der Waals surface area contributed by atoms with Gasteiger partial charge in [-0.15, -0.1) is 0 Å². The molecule has 0 saturated carbocycles. The Balaban J connectivity index is 0.00000288. The fourth-order valence-electron chi connectivity index (χ4n) is 2.73. The Kier molecular flexibility index (Phi) is 7.71. The fraction of sp³-hybridized carbons (Fsp3) is 0.263. The molecule has 2 rings (SSSR count).